The van der Waals surface area contributed by atoms with Gasteiger partial charge in [-0.05, 0) is 37.5 Å². The Morgan fingerprint density at radius 2 is 2.00 bits per heavy atom. The first-order chi connectivity index (χ1) is 7.52. The molecule has 4 nitrogen and oxygen atoms in total. The largest absolute Gasteiger partial charge is 0.465 e. The molecule has 1 aromatic rings. The summed E-state index contributed by atoms with van der Waals surface area (Å²) >= 11 is 0. The summed E-state index contributed by atoms with van der Waals surface area (Å²) in [6.07, 6.45) is 1.23. The van der Waals surface area contributed by atoms with Gasteiger partial charge >= 0.3 is 5.97 Å². The molecule has 0 unspecified atom stereocenters. The normalized spacial score (nSPS) is 10.8. The SMILES string of the molecule is COC(=O)c1c(C)cc(C)c(/N=C/N)c1C. The maximum absolute atomic E-state index is 11.6. The number of hydrogen-bond acceptors (Lipinski definition) is 3. The maximum atomic E-state index is 11.6. The number of carbonyl (C=O) groups excluding carboxylic acids is 1. The van der Waals surface area contributed by atoms with Gasteiger partial charge < -0.3 is 10.5 Å². The zero-order chi connectivity index (χ0) is 12.3. The van der Waals surface area contributed by atoms with E-state index in [0.717, 1.165) is 22.4 Å². The topological polar surface area (TPSA) is 64.7 Å². The van der Waals surface area contributed by atoms with Crippen molar-refractivity contribution >= 4 is 18.0 Å². The van der Waals surface area contributed by atoms with E-state index in [-0.39, 0.29) is 5.97 Å². The van der Waals surface area contributed by atoms with E-state index >= 15 is 0 Å². The lowest BCUT2D eigenvalue weighted by atomic mass is 9.97. The number of esters is 1. The van der Waals surface area contributed by atoms with Crippen LogP contribution in [0.3, 0.4) is 0 Å². The lowest BCUT2D eigenvalue weighted by Gasteiger charge is -2.12. The number of nitrogens with two attached hydrogens (primary N) is 1. The van der Waals surface area contributed by atoms with Crippen molar-refractivity contribution in [2.75, 3.05) is 7.11 Å². The molecule has 16 heavy (non-hydrogen) atoms. The lowest BCUT2D eigenvalue weighted by Crippen LogP contribution is -2.07. The molecule has 0 fully saturated rings. The van der Waals surface area contributed by atoms with Crippen molar-refractivity contribution in [1.82, 2.24) is 0 Å². The van der Waals surface area contributed by atoms with Crippen LogP contribution in [0.4, 0.5) is 5.69 Å². The van der Waals surface area contributed by atoms with Gasteiger partial charge in [0.25, 0.3) is 0 Å². The van der Waals surface area contributed by atoms with Gasteiger partial charge in [-0.3, -0.25) is 0 Å². The summed E-state index contributed by atoms with van der Waals surface area (Å²) in [5.41, 5.74) is 9.26. The van der Waals surface area contributed by atoms with Gasteiger partial charge in [0, 0.05) is 0 Å². The van der Waals surface area contributed by atoms with Crippen LogP contribution < -0.4 is 5.73 Å². The Labute approximate surface area is 95.1 Å². The molecule has 0 atom stereocenters. The van der Waals surface area contributed by atoms with Crippen LogP contribution >= 0.6 is 0 Å². The van der Waals surface area contributed by atoms with Gasteiger partial charge in [0.1, 0.15) is 0 Å². The molecule has 0 aliphatic rings. The highest BCUT2D eigenvalue weighted by Crippen LogP contribution is 2.29. The molecule has 0 spiro atoms. The number of carbonyl (C=O) groups is 1. The summed E-state index contributed by atoms with van der Waals surface area (Å²) in [6.45, 7) is 5.65. The number of ether oxygens (including phenoxy) is 1. The highest BCUT2D eigenvalue weighted by molar-refractivity contribution is 5.94. The molecule has 0 saturated heterocycles. The third kappa shape index (κ3) is 2.05. The summed E-state index contributed by atoms with van der Waals surface area (Å²) < 4.78 is 4.75. The summed E-state index contributed by atoms with van der Waals surface area (Å²) in [5, 5.41) is 0. The Kier molecular flexibility index (Phi) is 3.66. The minimum atomic E-state index is -0.344. The van der Waals surface area contributed by atoms with E-state index in [2.05, 4.69) is 4.99 Å². The lowest BCUT2D eigenvalue weighted by molar-refractivity contribution is 0.0599. The van der Waals surface area contributed by atoms with Gasteiger partial charge in [-0.25, -0.2) is 9.79 Å². The average molecular weight is 220 g/mol. The highest BCUT2D eigenvalue weighted by atomic mass is 16.5. The van der Waals surface area contributed by atoms with Gasteiger partial charge in [-0.15, -0.1) is 0 Å². The maximum Gasteiger partial charge on any atom is 0.338 e. The molecule has 0 aliphatic carbocycles. The Morgan fingerprint density at radius 3 is 2.50 bits per heavy atom. The number of nitrogens with zero attached hydrogens (tertiary/aromatic N) is 1. The predicted molar refractivity (Wildman–Crippen MR) is 64.3 cm³/mol. The number of rotatable bonds is 2. The second kappa shape index (κ2) is 4.79. The van der Waals surface area contributed by atoms with Crippen LogP contribution in [0.2, 0.25) is 0 Å². The summed E-state index contributed by atoms with van der Waals surface area (Å²) in [6, 6.07) is 1.90. The molecule has 1 rings (SSSR count). The van der Waals surface area contributed by atoms with E-state index in [1.807, 2.05) is 26.8 Å². The van der Waals surface area contributed by atoms with Crippen molar-refractivity contribution in [3.63, 3.8) is 0 Å². The zero-order valence-corrected chi connectivity index (χ0v) is 10.00. The fraction of sp³-hybridized carbons (Fsp3) is 0.333. The Hall–Kier alpha value is -1.84. The van der Waals surface area contributed by atoms with Crippen molar-refractivity contribution in [1.29, 1.82) is 0 Å². The van der Waals surface area contributed by atoms with Gasteiger partial charge in [0.2, 0.25) is 0 Å². The Morgan fingerprint density at radius 1 is 1.38 bits per heavy atom. The Balaban J connectivity index is 3.50. The third-order valence-corrected chi connectivity index (χ3v) is 2.52. The van der Waals surface area contributed by atoms with Crippen molar-refractivity contribution < 1.29 is 9.53 Å². The summed E-state index contributed by atoms with van der Waals surface area (Å²) in [5.74, 6) is -0.344. The zero-order valence-electron chi connectivity index (χ0n) is 10.00. The minimum Gasteiger partial charge on any atom is -0.465 e. The molecule has 4 heteroatoms. The van der Waals surface area contributed by atoms with E-state index < -0.39 is 0 Å². The average Bonchev–Trinajstić information content (AvgIpc) is 2.23. The predicted octanol–water partition coefficient (Wildman–Crippen LogP) is 2.02. The standard InChI is InChI=1S/C12H16N2O2/c1-7-5-8(2)11(14-6-13)9(3)10(7)12(15)16-4/h5-6H,1-4H3,(H2,13,14). The first-order valence-corrected chi connectivity index (χ1v) is 4.96. The van der Waals surface area contributed by atoms with E-state index in [1.54, 1.807) is 0 Å². The number of aliphatic imine (C=N–C) groups is 1. The van der Waals surface area contributed by atoms with Gasteiger partial charge in [-0.1, -0.05) is 6.07 Å². The fourth-order valence-corrected chi connectivity index (χ4v) is 1.86. The molecule has 0 aromatic heterocycles. The van der Waals surface area contributed by atoms with Crippen LogP contribution in [-0.2, 0) is 4.74 Å². The molecule has 0 heterocycles. The number of hydrogen-bond donors (Lipinski definition) is 1. The van der Waals surface area contributed by atoms with Crippen LogP contribution in [0.5, 0.6) is 0 Å². The summed E-state index contributed by atoms with van der Waals surface area (Å²) in [7, 11) is 1.37. The van der Waals surface area contributed by atoms with Crippen LogP contribution in [0.25, 0.3) is 0 Å². The van der Waals surface area contributed by atoms with E-state index in [9.17, 15) is 4.79 Å². The van der Waals surface area contributed by atoms with Crippen LogP contribution in [0.15, 0.2) is 11.1 Å². The third-order valence-electron chi connectivity index (χ3n) is 2.52. The second-order valence-corrected chi connectivity index (χ2v) is 3.63. The molecule has 0 radical (unpaired) electrons. The highest BCUT2D eigenvalue weighted by Gasteiger charge is 2.16. The molecular weight excluding hydrogens is 204 g/mol. The smallest absolute Gasteiger partial charge is 0.338 e. The molecule has 0 aliphatic heterocycles. The van der Waals surface area contributed by atoms with Crippen molar-refractivity contribution in [3.8, 4) is 0 Å². The monoisotopic (exact) mass is 220 g/mol. The number of benzene rings is 1. The van der Waals surface area contributed by atoms with E-state index in [0.29, 0.717) is 5.56 Å². The second-order valence-electron chi connectivity index (χ2n) is 3.63. The van der Waals surface area contributed by atoms with Crippen molar-refractivity contribution in [2.24, 2.45) is 10.7 Å². The fourth-order valence-electron chi connectivity index (χ4n) is 1.86. The molecule has 0 saturated carbocycles. The molecule has 2 N–H and O–H groups in total. The number of aryl methyl sites for hydroxylation is 2. The molecular formula is C12H16N2O2. The molecule has 1 aromatic carbocycles. The molecule has 0 amide bonds. The number of methoxy groups -OCH3 is 1. The van der Waals surface area contributed by atoms with Crippen LogP contribution in [0.1, 0.15) is 27.0 Å². The summed E-state index contributed by atoms with van der Waals surface area (Å²) in [4.78, 5) is 15.7. The minimum absolute atomic E-state index is 0.344. The van der Waals surface area contributed by atoms with E-state index in [4.69, 9.17) is 10.5 Å². The van der Waals surface area contributed by atoms with Gasteiger partial charge in [0.05, 0.1) is 24.7 Å². The first kappa shape index (κ1) is 12.2. The Bertz CT molecular complexity index is 451. The molecule has 0 bridgehead atoms. The van der Waals surface area contributed by atoms with Crippen LogP contribution in [-0.4, -0.2) is 19.4 Å². The van der Waals surface area contributed by atoms with Gasteiger partial charge in [0.15, 0.2) is 0 Å². The quantitative estimate of drug-likeness (QED) is 0.471. The van der Waals surface area contributed by atoms with Crippen molar-refractivity contribution in [2.45, 2.75) is 20.8 Å². The first-order valence-electron chi connectivity index (χ1n) is 4.96. The molecule has 86 valence electrons. The van der Waals surface area contributed by atoms with Crippen molar-refractivity contribution in [3.05, 3.63) is 28.3 Å². The van der Waals surface area contributed by atoms with E-state index in [1.165, 1.54) is 13.4 Å². The van der Waals surface area contributed by atoms with Crippen LogP contribution in [0, 0.1) is 20.8 Å². The van der Waals surface area contributed by atoms with Gasteiger partial charge in [-0.2, -0.15) is 0 Å².